The lowest BCUT2D eigenvalue weighted by Crippen LogP contribution is -2.38. The molecule has 3 aromatic rings. The number of para-hydroxylation sites is 1. The molecule has 0 fully saturated rings. The van der Waals surface area contributed by atoms with Crippen molar-refractivity contribution in [3.05, 3.63) is 54.1 Å². The summed E-state index contributed by atoms with van der Waals surface area (Å²) in [4.78, 5) is 40.3. The molecular weight excluding hydrogens is 533 g/mol. The van der Waals surface area contributed by atoms with Gasteiger partial charge in [-0.15, -0.1) is 5.10 Å². The highest BCUT2D eigenvalue weighted by atomic mass is 32.2. The number of hydrogen-bond donors (Lipinski definition) is 1. The average Bonchev–Trinajstić information content (AvgIpc) is 3.31. The van der Waals surface area contributed by atoms with E-state index in [9.17, 15) is 14.4 Å². The lowest BCUT2D eigenvalue weighted by atomic mass is 9.72. The van der Waals surface area contributed by atoms with Crippen molar-refractivity contribution in [2.24, 2.45) is 17.3 Å². The van der Waals surface area contributed by atoms with Gasteiger partial charge < -0.3 is 15.0 Å². The molecule has 1 unspecified atom stereocenters. The SMILES string of the molecule is CNC(=O)C(C)CC(C)(C)CSCC(=O)[B]C(=O)N1Cc2ccccc2-c2nnn(CC(C)C)c2-c2ccccc21. The number of carbonyl (C=O) groups excluding carboxylic acids is 3. The normalized spacial score (nSPS) is 13.4. The summed E-state index contributed by atoms with van der Waals surface area (Å²) in [6.45, 7) is 11.4. The Morgan fingerprint density at radius 2 is 1.73 bits per heavy atom. The number of carbonyl (C=O) groups is 3. The summed E-state index contributed by atoms with van der Waals surface area (Å²) in [5.74, 6) is 0.816. The topological polar surface area (TPSA) is 97.2 Å². The van der Waals surface area contributed by atoms with Gasteiger partial charge in [-0.2, -0.15) is 11.8 Å². The Morgan fingerprint density at radius 3 is 2.44 bits per heavy atom. The van der Waals surface area contributed by atoms with E-state index in [1.54, 1.807) is 11.9 Å². The zero-order valence-electron chi connectivity index (χ0n) is 24.8. The van der Waals surface area contributed by atoms with Crippen LogP contribution in [0, 0.1) is 17.3 Å². The molecule has 1 N–H and O–H groups in total. The number of rotatable bonds is 11. The molecular formula is C31H39BN5O3S. The van der Waals surface area contributed by atoms with E-state index in [-0.39, 0.29) is 34.5 Å². The van der Waals surface area contributed by atoms with Crippen molar-refractivity contribution in [2.45, 2.75) is 54.1 Å². The fourth-order valence-corrected chi connectivity index (χ4v) is 6.45. The van der Waals surface area contributed by atoms with Crippen LogP contribution < -0.4 is 10.2 Å². The maximum Gasteiger partial charge on any atom is 0.322 e. The number of anilines is 1. The van der Waals surface area contributed by atoms with Crippen molar-refractivity contribution in [2.75, 3.05) is 23.5 Å². The second-order valence-corrected chi connectivity index (χ2v) is 12.9. The van der Waals surface area contributed by atoms with Crippen molar-refractivity contribution in [1.82, 2.24) is 20.3 Å². The summed E-state index contributed by atoms with van der Waals surface area (Å²) >= 11 is 1.50. The quantitative estimate of drug-likeness (QED) is 0.306. The molecule has 0 saturated carbocycles. The predicted molar refractivity (Wildman–Crippen MR) is 167 cm³/mol. The third kappa shape index (κ3) is 7.28. The second kappa shape index (κ2) is 13.1. The maximum absolute atomic E-state index is 13.7. The summed E-state index contributed by atoms with van der Waals surface area (Å²) in [5, 5.41) is 11.8. The molecule has 0 spiro atoms. The third-order valence-electron chi connectivity index (χ3n) is 7.16. The minimum absolute atomic E-state index is 0.0170. The fraction of sp³-hybridized carbons (Fsp3) is 0.452. The second-order valence-electron chi connectivity index (χ2n) is 11.9. The first-order valence-corrected chi connectivity index (χ1v) is 15.3. The van der Waals surface area contributed by atoms with E-state index in [4.69, 9.17) is 0 Å². The molecule has 0 saturated heterocycles. The Bertz CT molecular complexity index is 1420. The third-order valence-corrected chi connectivity index (χ3v) is 8.64. The summed E-state index contributed by atoms with van der Waals surface area (Å²) in [6, 6.07) is 15.7. The summed E-state index contributed by atoms with van der Waals surface area (Å²) in [5.41, 5.74) is 4.77. The van der Waals surface area contributed by atoms with Gasteiger partial charge in [0.2, 0.25) is 5.91 Å². The van der Waals surface area contributed by atoms with Crippen molar-refractivity contribution in [3.8, 4) is 22.5 Å². The molecule has 41 heavy (non-hydrogen) atoms. The molecule has 1 aromatic heterocycles. The molecule has 215 valence electrons. The molecule has 2 aromatic carbocycles. The van der Waals surface area contributed by atoms with Crippen molar-refractivity contribution >= 4 is 42.1 Å². The molecule has 2 heterocycles. The van der Waals surface area contributed by atoms with Crippen LogP contribution in [-0.2, 0) is 22.7 Å². The summed E-state index contributed by atoms with van der Waals surface area (Å²) in [6.07, 6.45) is 0.713. The van der Waals surface area contributed by atoms with Gasteiger partial charge in [-0.25, -0.2) is 4.68 Å². The Kier molecular flexibility index (Phi) is 9.74. The largest absolute Gasteiger partial charge is 0.359 e. The summed E-state index contributed by atoms with van der Waals surface area (Å²) < 4.78 is 1.92. The molecule has 0 bridgehead atoms. The van der Waals surface area contributed by atoms with Crippen LogP contribution in [0.15, 0.2) is 48.5 Å². The monoisotopic (exact) mass is 572 g/mol. The number of benzene rings is 2. The van der Waals surface area contributed by atoms with Gasteiger partial charge in [0, 0.05) is 36.4 Å². The molecule has 4 rings (SSSR count). The Labute approximate surface area is 247 Å². The molecule has 2 amide bonds. The Hall–Kier alpha value is -3.40. The number of aromatic nitrogens is 3. The van der Waals surface area contributed by atoms with Gasteiger partial charge in [0.25, 0.3) is 0 Å². The van der Waals surface area contributed by atoms with Gasteiger partial charge in [0.15, 0.2) is 5.81 Å². The molecule has 1 aliphatic heterocycles. The first kappa shape index (κ1) is 30.6. The predicted octanol–water partition coefficient (Wildman–Crippen LogP) is 5.47. The van der Waals surface area contributed by atoms with Crippen LogP contribution in [0.1, 0.15) is 46.6 Å². The van der Waals surface area contributed by atoms with E-state index in [0.29, 0.717) is 31.2 Å². The van der Waals surface area contributed by atoms with E-state index in [2.05, 4.69) is 43.3 Å². The van der Waals surface area contributed by atoms with Crippen molar-refractivity contribution in [3.63, 3.8) is 0 Å². The van der Waals surface area contributed by atoms with E-state index in [0.717, 1.165) is 33.8 Å². The van der Waals surface area contributed by atoms with Gasteiger partial charge in [-0.05, 0) is 35.1 Å². The van der Waals surface area contributed by atoms with Gasteiger partial charge in [-0.3, -0.25) is 9.59 Å². The maximum atomic E-state index is 13.7. The Balaban J connectivity index is 1.55. The minimum Gasteiger partial charge on any atom is -0.359 e. The number of hydrogen-bond acceptors (Lipinski definition) is 6. The first-order chi connectivity index (χ1) is 19.5. The summed E-state index contributed by atoms with van der Waals surface area (Å²) in [7, 11) is 2.86. The lowest BCUT2D eigenvalue weighted by Gasteiger charge is -2.29. The van der Waals surface area contributed by atoms with Crippen LogP contribution in [0.25, 0.3) is 22.5 Å². The standard InChI is InChI=1S/C31H39BN5O3S/c1-20(2)16-37-28-24-13-9-10-14-25(24)36(17-22-11-7-8-12-23(22)27(28)34-35-37)30(40)32-26(38)18-41-19-31(4,5)15-21(3)29(39)33-6/h7-14,20-21H,15-19H2,1-6H3,(H,33,39). The lowest BCUT2D eigenvalue weighted by molar-refractivity contribution is -0.124. The number of fused-ring (bicyclic) bond motifs is 5. The molecule has 0 aliphatic carbocycles. The number of nitrogens with zero attached hydrogens (tertiary/aromatic N) is 4. The Morgan fingerprint density at radius 1 is 1.05 bits per heavy atom. The highest BCUT2D eigenvalue weighted by Gasteiger charge is 2.31. The van der Waals surface area contributed by atoms with Crippen LogP contribution >= 0.6 is 11.8 Å². The molecule has 1 radical (unpaired) electrons. The minimum atomic E-state index is -0.350. The molecule has 10 heteroatoms. The van der Waals surface area contributed by atoms with Gasteiger partial charge >= 0.3 is 7.28 Å². The van der Waals surface area contributed by atoms with Crippen LogP contribution in [-0.4, -0.2) is 58.2 Å². The van der Waals surface area contributed by atoms with Crippen molar-refractivity contribution in [1.29, 1.82) is 0 Å². The van der Waals surface area contributed by atoms with E-state index < -0.39 is 0 Å². The first-order valence-electron chi connectivity index (χ1n) is 14.1. The van der Waals surface area contributed by atoms with Crippen LogP contribution in [0.4, 0.5) is 10.5 Å². The number of nitrogens with one attached hydrogen (secondary N) is 1. The zero-order chi connectivity index (χ0) is 29.7. The van der Waals surface area contributed by atoms with Gasteiger partial charge in [0.05, 0.1) is 17.9 Å². The number of thioether (sulfide) groups is 1. The van der Waals surface area contributed by atoms with Gasteiger partial charge in [0.1, 0.15) is 11.4 Å². The van der Waals surface area contributed by atoms with E-state index in [1.807, 2.05) is 60.1 Å². The fourth-order valence-electron chi connectivity index (χ4n) is 5.40. The van der Waals surface area contributed by atoms with E-state index >= 15 is 0 Å². The van der Waals surface area contributed by atoms with Crippen LogP contribution in [0.5, 0.6) is 0 Å². The molecule has 1 aliphatic rings. The van der Waals surface area contributed by atoms with E-state index in [1.165, 1.54) is 19.0 Å². The highest BCUT2D eigenvalue weighted by Crippen LogP contribution is 2.41. The zero-order valence-corrected chi connectivity index (χ0v) is 25.6. The van der Waals surface area contributed by atoms with Crippen LogP contribution in [0.3, 0.4) is 0 Å². The smallest absolute Gasteiger partial charge is 0.322 e. The van der Waals surface area contributed by atoms with Gasteiger partial charge in [-0.1, -0.05) is 82.3 Å². The van der Waals surface area contributed by atoms with Crippen LogP contribution in [0.2, 0.25) is 0 Å². The highest BCUT2D eigenvalue weighted by molar-refractivity contribution is 8.00. The van der Waals surface area contributed by atoms with Crippen molar-refractivity contribution < 1.29 is 14.4 Å². The number of amides is 2. The average molecular weight is 573 g/mol. The molecule has 1 atom stereocenters. The molecule has 8 nitrogen and oxygen atoms in total.